The van der Waals surface area contributed by atoms with Crippen molar-refractivity contribution in [2.24, 2.45) is 5.92 Å². The minimum absolute atomic E-state index is 0.259. The lowest BCUT2D eigenvalue weighted by molar-refractivity contribution is 0.288. The summed E-state index contributed by atoms with van der Waals surface area (Å²) in [4.78, 5) is 0. The lowest BCUT2D eigenvalue weighted by Crippen LogP contribution is -2.04. The minimum atomic E-state index is 0.259. The summed E-state index contributed by atoms with van der Waals surface area (Å²) in [5.41, 5.74) is 1.22. The Balaban J connectivity index is 2.44. The Labute approximate surface area is 79.4 Å². The molecule has 1 rings (SSSR count). The second kappa shape index (κ2) is 5.02. The van der Waals surface area contributed by atoms with Gasteiger partial charge >= 0.3 is 0 Å². The Hall–Kier alpha value is -0.830. The molecule has 0 aliphatic carbocycles. The summed E-state index contributed by atoms with van der Waals surface area (Å²) in [7, 11) is 0. The average Bonchev–Trinajstić information content (AvgIpc) is 2.48. The van der Waals surface area contributed by atoms with E-state index in [1.807, 2.05) is 10.9 Å². The van der Waals surface area contributed by atoms with Crippen LogP contribution in [0.1, 0.15) is 25.8 Å². The molecule has 0 saturated carbocycles. The predicted molar refractivity (Wildman–Crippen MR) is 52.5 cm³/mol. The van der Waals surface area contributed by atoms with Crippen LogP contribution in [0.3, 0.4) is 0 Å². The van der Waals surface area contributed by atoms with Crippen LogP contribution in [0.4, 0.5) is 0 Å². The fraction of sp³-hybridized carbons (Fsp3) is 0.700. The topological polar surface area (TPSA) is 38.0 Å². The molecule has 0 spiro atoms. The first-order chi connectivity index (χ1) is 6.22. The Morgan fingerprint density at radius 3 is 2.92 bits per heavy atom. The van der Waals surface area contributed by atoms with Crippen molar-refractivity contribution in [1.82, 2.24) is 9.78 Å². The van der Waals surface area contributed by atoms with Crippen LogP contribution in [-0.2, 0) is 13.0 Å². The molecule has 0 aromatic carbocycles. The van der Waals surface area contributed by atoms with Crippen molar-refractivity contribution in [2.45, 2.75) is 33.2 Å². The smallest absolute Gasteiger partial charge is 0.0521 e. The first-order valence-electron chi connectivity index (χ1n) is 4.84. The predicted octanol–water partition coefficient (Wildman–Crippen LogP) is 1.46. The highest BCUT2D eigenvalue weighted by Crippen LogP contribution is 2.04. The van der Waals surface area contributed by atoms with E-state index in [0.717, 1.165) is 19.4 Å². The monoisotopic (exact) mass is 182 g/mol. The van der Waals surface area contributed by atoms with Gasteiger partial charge in [0, 0.05) is 19.3 Å². The fourth-order valence-corrected chi connectivity index (χ4v) is 1.29. The summed E-state index contributed by atoms with van der Waals surface area (Å²) >= 11 is 0. The number of nitrogens with zero attached hydrogens (tertiary/aromatic N) is 2. The van der Waals surface area contributed by atoms with E-state index in [0.29, 0.717) is 5.92 Å². The molecule has 1 heterocycles. The van der Waals surface area contributed by atoms with Crippen LogP contribution < -0.4 is 0 Å². The van der Waals surface area contributed by atoms with Gasteiger partial charge in [0.25, 0.3) is 0 Å². The second-order valence-corrected chi connectivity index (χ2v) is 3.79. The zero-order valence-corrected chi connectivity index (χ0v) is 8.40. The van der Waals surface area contributed by atoms with E-state index in [1.165, 1.54) is 5.56 Å². The van der Waals surface area contributed by atoms with E-state index < -0.39 is 0 Å². The lowest BCUT2D eigenvalue weighted by atomic mass is 10.2. The molecule has 0 saturated heterocycles. The molecule has 1 aromatic rings. The van der Waals surface area contributed by atoms with Crippen LogP contribution >= 0.6 is 0 Å². The summed E-state index contributed by atoms with van der Waals surface area (Å²) in [5, 5.41) is 12.9. The number of hydrogen-bond donors (Lipinski definition) is 1. The quantitative estimate of drug-likeness (QED) is 0.748. The van der Waals surface area contributed by atoms with Crippen molar-refractivity contribution in [2.75, 3.05) is 6.61 Å². The van der Waals surface area contributed by atoms with E-state index in [2.05, 4.69) is 25.1 Å². The van der Waals surface area contributed by atoms with Gasteiger partial charge in [-0.25, -0.2) is 0 Å². The summed E-state index contributed by atoms with van der Waals surface area (Å²) in [6, 6.07) is 0. The Morgan fingerprint density at radius 1 is 1.54 bits per heavy atom. The highest BCUT2D eigenvalue weighted by Gasteiger charge is 1.99. The first kappa shape index (κ1) is 10.3. The van der Waals surface area contributed by atoms with Crippen molar-refractivity contribution < 1.29 is 5.11 Å². The highest BCUT2D eigenvalue weighted by molar-refractivity contribution is 5.03. The zero-order chi connectivity index (χ0) is 9.68. The summed E-state index contributed by atoms with van der Waals surface area (Å²) in [6.45, 7) is 5.58. The van der Waals surface area contributed by atoms with E-state index in [9.17, 15) is 0 Å². The van der Waals surface area contributed by atoms with Gasteiger partial charge in [-0.2, -0.15) is 5.10 Å². The number of rotatable bonds is 5. The van der Waals surface area contributed by atoms with E-state index in [-0.39, 0.29) is 6.61 Å². The molecule has 74 valence electrons. The third-order valence-electron chi connectivity index (χ3n) is 1.86. The van der Waals surface area contributed by atoms with Gasteiger partial charge in [-0.15, -0.1) is 0 Å². The molecule has 0 bridgehead atoms. The van der Waals surface area contributed by atoms with Gasteiger partial charge in [-0.1, -0.05) is 13.8 Å². The van der Waals surface area contributed by atoms with Crippen molar-refractivity contribution in [3.05, 3.63) is 18.0 Å². The maximum atomic E-state index is 8.65. The van der Waals surface area contributed by atoms with E-state index in [1.54, 1.807) is 0 Å². The number of aromatic nitrogens is 2. The summed E-state index contributed by atoms with van der Waals surface area (Å²) in [5.74, 6) is 0.630. The Morgan fingerprint density at radius 2 is 2.31 bits per heavy atom. The largest absolute Gasteiger partial charge is 0.396 e. The van der Waals surface area contributed by atoms with E-state index >= 15 is 0 Å². The molecular formula is C10H18N2O. The molecule has 3 nitrogen and oxygen atoms in total. The molecule has 13 heavy (non-hydrogen) atoms. The van der Waals surface area contributed by atoms with E-state index in [4.69, 9.17) is 5.11 Å². The maximum Gasteiger partial charge on any atom is 0.0521 e. The Bertz CT molecular complexity index is 243. The second-order valence-electron chi connectivity index (χ2n) is 3.79. The number of aryl methyl sites for hydroxylation is 1. The first-order valence-corrected chi connectivity index (χ1v) is 4.84. The van der Waals surface area contributed by atoms with Gasteiger partial charge in [0.2, 0.25) is 0 Å². The maximum absolute atomic E-state index is 8.65. The molecular weight excluding hydrogens is 164 g/mol. The SMILES string of the molecule is CC(C)Cn1cc(CCCO)cn1. The van der Waals surface area contributed by atoms with Crippen LogP contribution in [0, 0.1) is 5.92 Å². The fourth-order valence-electron chi connectivity index (χ4n) is 1.29. The van der Waals surface area contributed by atoms with Gasteiger partial charge in [0.15, 0.2) is 0 Å². The van der Waals surface area contributed by atoms with Crippen LogP contribution in [0.25, 0.3) is 0 Å². The van der Waals surface area contributed by atoms with Gasteiger partial charge in [-0.3, -0.25) is 4.68 Å². The van der Waals surface area contributed by atoms with Gasteiger partial charge < -0.3 is 5.11 Å². The zero-order valence-electron chi connectivity index (χ0n) is 8.40. The highest BCUT2D eigenvalue weighted by atomic mass is 16.2. The molecule has 1 N–H and O–H groups in total. The molecule has 0 aliphatic rings. The van der Waals surface area contributed by atoms with Gasteiger partial charge in [0.05, 0.1) is 6.20 Å². The van der Waals surface area contributed by atoms with Crippen molar-refractivity contribution in [1.29, 1.82) is 0 Å². The molecule has 0 amide bonds. The van der Waals surface area contributed by atoms with Crippen LogP contribution in [0.15, 0.2) is 12.4 Å². The standard InChI is InChI=1S/C10H18N2O/c1-9(2)7-12-8-10(6-11-12)4-3-5-13/h6,8-9,13H,3-5,7H2,1-2H3. The molecule has 3 heteroatoms. The average molecular weight is 182 g/mol. The third kappa shape index (κ3) is 3.59. The van der Waals surface area contributed by atoms with Crippen LogP contribution in [-0.4, -0.2) is 21.5 Å². The van der Waals surface area contributed by atoms with Crippen molar-refractivity contribution in [3.63, 3.8) is 0 Å². The molecule has 0 radical (unpaired) electrons. The molecule has 0 fully saturated rings. The molecule has 0 atom stereocenters. The molecule has 0 unspecified atom stereocenters. The summed E-state index contributed by atoms with van der Waals surface area (Å²) < 4.78 is 1.97. The third-order valence-corrected chi connectivity index (χ3v) is 1.86. The van der Waals surface area contributed by atoms with Gasteiger partial charge in [0.1, 0.15) is 0 Å². The molecule has 0 aliphatic heterocycles. The minimum Gasteiger partial charge on any atom is -0.396 e. The number of aliphatic hydroxyl groups excluding tert-OH is 1. The van der Waals surface area contributed by atoms with Gasteiger partial charge in [-0.05, 0) is 24.3 Å². The number of hydrogen-bond acceptors (Lipinski definition) is 2. The molecule has 1 aromatic heterocycles. The summed E-state index contributed by atoms with van der Waals surface area (Å²) in [6.07, 6.45) is 5.70. The van der Waals surface area contributed by atoms with Crippen molar-refractivity contribution in [3.8, 4) is 0 Å². The lowest BCUT2D eigenvalue weighted by Gasteiger charge is -2.03. The van der Waals surface area contributed by atoms with Crippen LogP contribution in [0.5, 0.6) is 0 Å². The Kier molecular flexibility index (Phi) is 3.96. The van der Waals surface area contributed by atoms with Crippen LogP contribution in [0.2, 0.25) is 0 Å². The normalized spacial score (nSPS) is 11.1. The number of aliphatic hydroxyl groups is 1. The van der Waals surface area contributed by atoms with Crippen molar-refractivity contribution >= 4 is 0 Å².